The number of rotatable bonds is 7. The number of anilines is 1. The fraction of sp³-hybridized carbons (Fsp3) is 0.316. The molecule has 1 saturated carbocycles. The van der Waals surface area contributed by atoms with E-state index >= 15 is 0 Å². The van der Waals surface area contributed by atoms with Crippen molar-refractivity contribution in [2.24, 2.45) is 0 Å². The molecule has 1 aromatic carbocycles. The van der Waals surface area contributed by atoms with Crippen LogP contribution in [0.4, 0.5) is 14.5 Å². The van der Waals surface area contributed by atoms with Gasteiger partial charge in [-0.15, -0.1) is 0 Å². The van der Waals surface area contributed by atoms with Gasteiger partial charge in [0.25, 0.3) is 6.43 Å². The highest BCUT2D eigenvalue weighted by Gasteiger charge is 2.30. The highest BCUT2D eigenvalue weighted by molar-refractivity contribution is 6.30. The molecular weight excluding hydrogens is 388 g/mol. The highest BCUT2D eigenvalue weighted by atomic mass is 35.5. The Morgan fingerprint density at radius 1 is 1.29 bits per heavy atom. The molecule has 3 aromatic rings. The number of benzene rings is 1. The molecular formula is C19H18ClF2N5O. The van der Waals surface area contributed by atoms with Gasteiger partial charge in [0.2, 0.25) is 5.91 Å². The standard InChI is InChI=1S/C19H18ClF2N5O/c20-14-5-1-12(2-6-14)9-26-10-15(8-23-26)24-18(28)11-27-17(13-3-4-13)7-16(25-27)19(21)22/h1-2,5-8,10,13,19H,3-4,9,11H2,(H,24,28). The molecule has 0 unspecified atom stereocenters. The third-order valence-electron chi connectivity index (χ3n) is 4.52. The van der Waals surface area contributed by atoms with Crippen LogP contribution in [0.15, 0.2) is 42.7 Å². The van der Waals surface area contributed by atoms with Crippen LogP contribution in [0.25, 0.3) is 0 Å². The molecule has 6 nitrogen and oxygen atoms in total. The van der Waals surface area contributed by atoms with E-state index in [2.05, 4.69) is 15.5 Å². The first-order valence-corrected chi connectivity index (χ1v) is 9.28. The average molecular weight is 406 g/mol. The van der Waals surface area contributed by atoms with E-state index in [1.54, 1.807) is 29.2 Å². The summed E-state index contributed by atoms with van der Waals surface area (Å²) in [7, 11) is 0. The fourth-order valence-corrected chi connectivity index (χ4v) is 3.15. The average Bonchev–Trinajstić information content (AvgIpc) is 3.27. The Hall–Kier alpha value is -2.74. The largest absolute Gasteiger partial charge is 0.322 e. The van der Waals surface area contributed by atoms with E-state index in [9.17, 15) is 13.6 Å². The van der Waals surface area contributed by atoms with E-state index in [4.69, 9.17) is 11.6 Å². The van der Waals surface area contributed by atoms with Gasteiger partial charge in [0.1, 0.15) is 12.2 Å². The molecule has 9 heteroatoms. The second kappa shape index (κ2) is 7.71. The van der Waals surface area contributed by atoms with Crippen molar-refractivity contribution in [3.63, 3.8) is 0 Å². The number of carbonyl (C=O) groups excluding carboxylic acids is 1. The molecule has 1 amide bonds. The van der Waals surface area contributed by atoms with Gasteiger partial charge < -0.3 is 5.32 Å². The Kier molecular flexibility index (Phi) is 5.13. The van der Waals surface area contributed by atoms with Crippen molar-refractivity contribution < 1.29 is 13.6 Å². The maximum atomic E-state index is 12.9. The lowest BCUT2D eigenvalue weighted by molar-refractivity contribution is -0.117. The van der Waals surface area contributed by atoms with E-state index in [1.165, 1.54) is 10.7 Å². The van der Waals surface area contributed by atoms with E-state index in [0.29, 0.717) is 22.9 Å². The zero-order valence-corrected chi connectivity index (χ0v) is 15.6. The van der Waals surface area contributed by atoms with Crippen LogP contribution < -0.4 is 5.32 Å². The Balaban J connectivity index is 1.39. The summed E-state index contributed by atoms with van der Waals surface area (Å²) in [6.07, 6.45) is 2.49. The summed E-state index contributed by atoms with van der Waals surface area (Å²) in [5.41, 5.74) is 1.97. The van der Waals surface area contributed by atoms with Crippen molar-refractivity contribution in [2.45, 2.75) is 38.3 Å². The molecule has 0 saturated heterocycles. The van der Waals surface area contributed by atoms with Crippen LogP contribution in [0.2, 0.25) is 5.02 Å². The van der Waals surface area contributed by atoms with Gasteiger partial charge in [0, 0.05) is 22.8 Å². The van der Waals surface area contributed by atoms with Gasteiger partial charge in [-0.1, -0.05) is 23.7 Å². The van der Waals surface area contributed by atoms with Gasteiger partial charge >= 0.3 is 0 Å². The Labute approximate surface area is 165 Å². The minimum atomic E-state index is -2.65. The van der Waals surface area contributed by atoms with Crippen molar-refractivity contribution in [3.05, 3.63) is 64.7 Å². The Bertz CT molecular complexity index is 979. The molecule has 0 aliphatic heterocycles. The van der Waals surface area contributed by atoms with Crippen LogP contribution in [0, 0.1) is 0 Å². The molecule has 0 bridgehead atoms. The van der Waals surface area contributed by atoms with E-state index < -0.39 is 6.43 Å². The first-order valence-electron chi connectivity index (χ1n) is 8.90. The second-order valence-corrected chi connectivity index (χ2v) is 7.26. The first-order chi connectivity index (χ1) is 13.5. The van der Waals surface area contributed by atoms with Crippen LogP contribution >= 0.6 is 11.6 Å². The predicted octanol–water partition coefficient (Wildman–Crippen LogP) is 4.24. The van der Waals surface area contributed by atoms with E-state index in [1.807, 2.05) is 12.1 Å². The van der Waals surface area contributed by atoms with Crippen LogP contribution in [0.3, 0.4) is 0 Å². The summed E-state index contributed by atoms with van der Waals surface area (Å²) >= 11 is 5.88. The van der Waals surface area contributed by atoms with E-state index in [0.717, 1.165) is 18.4 Å². The number of aromatic nitrogens is 4. The minimum Gasteiger partial charge on any atom is -0.322 e. The maximum Gasteiger partial charge on any atom is 0.282 e. The summed E-state index contributed by atoms with van der Waals surface area (Å²) in [6.45, 7) is 0.427. The number of alkyl halides is 2. The molecule has 0 radical (unpaired) electrons. The SMILES string of the molecule is O=C(Cn1nc(C(F)F)cc1C1CC1)Nc1cnn(Cc2ccc(Cl)cc2)c1. The second-order valence-electron chi connectivity index (χ2n) is 6.83. The van der Waals surface area contributed by atoms with Crippen LogP contribution in [0.5, 0.6) is 0 Å². The fourth-order valence-electron chi connectivity index (χ4n) is 3.02. The van der Waals surface area contributed by atoms with Crippen LogP contribution in [-0.2, 0) is 17.9 Å². The monoisotopic (exact) mass is 405 g/mol. The summed E-state index contributed by atoms with van der Waals surface area (Å²) in [5, 5.41) is 11.5. The molecule has 1 aliphatic rings. The number of nitrogens with zero attached hydrogens (tertiary/aromatic N) is 4. The van der Waals surface area contributed by atoms with Gasteiger partial charge in [-0.05, 0) is 36.6 Å². The van der Waals surface area contributed by atoms with Gasteiger partial charge in [-0.2, -0.15) is 10.2 Å². The molecule has 1 N–H and O–H groups in total. The Morgan fingerprint density at radius 3 is 2.71 bits per heavy atom. The zero-order valence-electron chi connectivity index (χ0n) is 14.9. The van der Waals surface area contributed by atoms with Crippen molar-refractivity contribution in [3.8, 4) is 0 Å². The molecule has 0 spiro atoms. The molecule has 1 fully saturated rings. The van der Waals surface area contributed by atoms with Crippen molar-refractivity contribution >= 4 is 23.2 Å². The van der Waals surface area contributed by atoms with E-state index in [-0.39, 0.29) is 24.1 Å². The lowest BCUT2D eigenvalue weighted by Crippen LogP contribution is -2.20. The number of amides is 1. The van der Waals surface area contributed by atoms with Gasteiger partial charge in [-0.25, -0.2) is 8.78 Å². The van der Waals surface area contributed by atoms with Gasteiger partial charge in [0.05, 0.1) is 18.4 Å². The molecule has 2 aromatic heterocycles. The maximum absolute atomic E-state index is 12.9. The minimum absolute atomic E-state index is 0.110. The number of nitrogens with one attached hydrogen (secondary N) is 1. The smallest absolute Gasteiger partial charge is 0.282 e. The lowest BCUT2D eigenvalue weighted by Gasteiger charge is -2.06. The van der Waals surface area contributed by atoms with Crippen molar-refractivity contribution in [2.75, 3.05) is 5.32 Å². The molecule has 2 heterocycles. The molecule has 0 atom stereocenters. The highest BCUT2D eigenvalue weighted by Crippen LogP contribution is 2.41. The topological polar surface area (TPSA) is 64.7 Å². The van der Waals surface area contributed by atoms with Crippen molar-refractivity contribution in [1.29, 1.82) is 0 Å². The zero-order chi connectivity index (χ0) is 19.7. The third-order valence-corrected chi connectivity index (χ3v) is 4.77. The summed E-state index contributed by atoms with van der Waals surface area (Å²) in [4.78, 5) is 12.4. The number of hydrogen-bond donors (Lipinski definition) is 1. The quantitative estimate of drug-likeness (QED) is 0.639. The van der Waals surface area contributed by atoms with Crippen LogP contribution in [0.1, 0.15) is 42.1 Å². The molecule has 1 aliphatic carbocycles. The predicted molar refractivity (Wildman–Crippen MR) is 101 cm³/mol. The molecule has 4 rings (SSSR count). The van der Waals surface area contributed by atoms with Gasteiger partial charge in [-0.3, -0.25) is 14.2 Å². The van der Waals surface area contributed by atoms with Crippen LogP contribution in [-0.4, -0.2) is 25.5 Å². The molecule has 28 heavy (non-hydrogen) atoms. The van der Waals surface area contributed by atoms with Crippen molar-refractivity contribution in [1.82, 2.24) is 19.6 Å². The van der Waals surface area contributed by atoms with Gasteiger partial charge in [0.15, 0.2) is 0 Å². The number of halogens is 3. The number of carbonyl (C=O) groups is 1. The summed E-state index contributed by atoms with van der Waals surface area (Å²) < 4.78 is 28.9. The normalized spacial score (nSPS) is 13.9. The first kappa shape index (κ1) is 18.6. The number of hydrogen-bond acceptors (Lipinski definition) is 3. The lowest BCUT2D eigenvalue weighted by atomic mass is 10.2. The summed E-state index contributed by atoms with van der Waals surface area (Å²) in [6, 6.07) is 8.82. The Morgan fingerprint density at radius 2 is 2.04 bits per heavy atom. The third kappa shape index (κ3) is 4.39. The molecule has 146 valence electrons. The summed E-state index contributed by atoms with van der Waals surface area (Å²) in [5.74, 6) is -0.119.